The van der Waals surface area contributed by atoms with E-state index in [1.807, 2.05) is 0 Å². The minimum absolute atomic E-state index is 0.724. The molecule has 0 bridgehead atoms. The Morgan fingerprint density at radius 1 is 1.05 bits per heavy atom. The number of hydrogen-bond donors (Lipinski definition) is 1. The molecule has 0 heterocycles. The highest BCUT2D eigenvalue weighted by atomic mass is 15.2. The Bertz CT molecular complexity index is 427. The monoisotopic (exact) mass is 286 g/mol. The summed E-state index contributed by atoms with van der Waals surface area (Å²) in [6.07, 6.45) is 8.28. The molecule has 2 saturated carbocycles. The Morgan fingerprint density at radius 2 is 1.71 bits per heavy atom. The molecule has 0 spiro atoms. The van der Waals surface area contributed by atoms with Crippen molar-refractivity contribution < 1.29 is 0 Å². The summed E-state index contributed by atoms with van der Waals surface area (Å²) in [5.74, 6) is 0.724. The average Bonchev–Trinajstić information content (AvgIpc) is 3.15. The average molecular weight is 286 g/mol. The molecule has 2 nitrogen and oxygen atoms in total. The van der Waals surface area contributed by atoms with Gasteiger partial charge in [-0.3, -0.25) is 0 Å². The highest BCUT2D eigenvalue weighted by Crippen LogP contribution is 2.29. The quantitative estimate of drug-likeness (QED) is 0.802. The standard InChI is InChI=1S/C19H30N2/c1-15(2)14-21(18-5-3-4-6-18)19-11-7-16(8-12-19)13-20-17-9-10-17/h7-8,11-12,15,17-18,20H,3-6,9-10,13-14H2,1-2H3. The first-order chi connectivity index (χ1) is 10.2. The van der Waals surface area contributed by atoms with E-state index in [4.69, 9.17) is 0 Å². The van der Waals surface area contributed by atoms with Gasteiger partial charge in [-0.2, -0.15) is 0 Å². The fourth-order valence-electron chi connectivity index (χ4n) is 3.43. The molecule has 116 valence electrons. The van der Waals surface area contributed by atoms with Crippen molar-refractivity contribution in [3.05, 3.63) is 29.8 Å². The van der Waals surface area contributed by atoms with Gasteiger partial charge < -0.3 is 10.2 Å². The van der Waals surface area contributed by atoms with Gasteiger partial charge >= 0.3 is 0 Å². The molecule has 1 aromatic rings. The van der Waals surface area contributed by atoms with E-state index >= 15 is 0 Å². The van der Waals surface area contributed by atoms with Gasteiger partial charge in [-0.15, -0.1) is 0 Å². The largest absolute Gasteiger partial charge is 0.368 e. The van der Waals surface area contributed by atoms with Crippen LogP contribution in [0, 0.1) is 5.92 Å². The molecule has 0 unspecified atom stereocenters. The number of rotatable bonds is 7. The smallest absolute Gasteiger partial charge is 0.0368 e. The second-order valence-electron chi connectivity index (χ2n) is 7.31. The van der Waals surface area contributed by atoms with Crippen molar-refractivity contribution in [3.63, 3.8) is 0 Å². The maximum Gasteiger partial charge on any atom is 0.0368 e. The number of nitrogens with zero attached hydrogens (tertiary/aromatic N) is 1. The predicted octanol–water partition coefficient (Wildman–Crippen LogP) is 4.34. The predicted molar refractivity (Wildman–Crippen MR) is 90.7 cm³/mol. The van der Waals surface area contributed by atoms with Crippen LogP contribution in [-0.4, -0.2) is 18.6 Å². The SMILES string of the molecule is CC(C)CN(c1ccc(CNC2CC2)cc1)C1CCCC1. The van der Waals surface area contributed by atoms with Gasteiger partial charge in [0.05, 0.1) is 0 Å². The van der Waals surface area contributed by atoms with Crippen LogP contribution in [0.15, 0.2) is 24.3 Å². The lowest BCUT2D eigenvalue weighted by molar-refractivity contribution is 0.536. The van der Waals surface area contributed by atoms with Gasteiger partial charge in [0.15, 0.2) is 0 Å². The van der Waals surface area contributed by atoms with Crippen molar-refractivity contribution in [3.8, 4) is 0 Å². The fraction of sp³-hybridized carbons (Fsp3) is 0.684. The Hall–Kier alpha value is -1.02. The summed E-state index contributed by atoms with van der Waals surface area (Å²) in [5, 5.41) is 3.60. The van der Waals surface area contributed by atoms with Gasteiger partial charge in [-0.1, -0.05) is 38.8 Å². The van der Waals surface area contributed by atoms with E-state index < -0.39 is 0 Å². The lowest BCUT2D eigenvalue weighted by atomic mass is 10.1. The lowest BCUT2D eigenvalue weighted by Crippen LogP contribution is -2.36. The summed E-state index contributed by atoms with van der Waals surface area (Å²) in [5.41, 5.74) is 2.84. The Kier molecular flexibility index (Phi) is 4.84. The van der Waals surface area contributed by atoms with Crippen LogP contribution in [0.4, 0.5) is 5.69 Å². The van der Waals surface area contributed by atoms with Crippen LogP contribution < -0.4 is 10.2 Å². The highest BCUT2D eigenvalue weighted by Gasteiger charge is 2.23. The van der Waals surface area contributed by atoms with Crippen LogP contribution in [0.5, 0.6) is 0 Å². The van der Waals surface area contributed by atoms with Crippen molar-refractivity contribution in [2.24, 2.45) is 5.92 Å². The van der Waals surface area contributed by atoms with Gasteiger partial charge in [0.1, 0.15) is 0 Å². The first-order valence-corrected chi connectivity index (χ1v) is 8.81. The number of nitrogens with one attached hydrogen (secondary N) is 1. The molecule has 0 atom stereocenters. The number of anilines is 1. The molecule has 21 heavy (non-hydrogen) atoms. The van der Waals surface area contributed by atoms with Crippen molar-refractivity contribution in [2.45, 2.75) is 71.0 Å². The van der Waals surface area contributed by atoms with Crippen LogP contribution in [0.2, 0.25) is 0 Å². The minimum Gasteiger partial charge on any atom is -0.368 e. The maximum absolute atomic E-state index is 3.60. The van der Waals surface area contributed by atoms with Crippen molar-refractivity contribution in [1.29, 1.82) is 0 Å². The molecule has 0 aromatic heterocycles. The zero-order valence-electron chi connectivity index (χ0n) is 13.6. The van der Waals surface area contributed by atoms with E-state index in [2.05, 4.69) is 48.3 Å². The van der Waals surface area contributed by atoms with Crippen LogP contribution >= 0.6 is 0 Å². The molecule has 2 aliphatic rings. The summed E-state index contributed by atoms with van der Waals surface area (Å²) >= 11 is 0. The molecule has 3 rings (SSSR count). The summed E-state index contributed by atoms with van der Waals surface area (Å²) in [4.78, 5) is 2.66. The first-order valence-electron chi connectivity index (χ1n) is 8.81. The van der Waals surface area contributed by atoms with Crippen LogP contribution in [0.1, 0.15) is 57.9 Å². The second-order valence-corrected chi connectivity index (χ2v) is 7.31. The van der Waals surface area contributed by atoms with E-state index in [9.17, 15) is 0 Å². The molecule has 0 saturated heterocycles. The Labute approximate surface area is 129 Å². The van der Waals surface area contributed by atoms with Crippen molar-refractivity contribution in [1.82, 2.24) is 5.32 Å². The van der Waals surface area contributed by atoms with Crippen LogP contribution in [0.3, 0.4) is 0 Å². The summed E-state index contributed by atoms with van der Waals surface area (Å²) < 4.78 is 0. The van der Waals surface area contributed by atoms with Gasteiger partial charge in [-0.25, -0.2) is 0 Å². The Balaban J connectivity index is 1.65. The molecule has 0 aliphatic heterocycles. The molecular weight excluding hydrogens is 256 g/mol. The van der Waals surface area contributed by atoms with Gasteiger partial charge in [0.2, 0.25) is 0 Å². The normalized spacial score (nSPS) is 19.4. The number of hydrogen-bond acceptors (Lipinski definition) is 2. The molecule has 0 amide bonds. The molecule has 1 N–H and O–H groups in total. The van der Waals surface area contributed by atoms with Crippen molar-refractivity contribution >= 4 is 5.69 Å². The molecule has 0 radical (unpaired) electrons. The first kappa shape index (κ1) is 14.9. The molecular formula is C19H30N2. The van der Waals surface area contributed by atoms with Crippen molar-refractivity contribution in [2.75, 3.05) is 11.4 Å². The van der Waals surface area contributed by atoms with E-state index in [0.717, 1.165) is 24.5 Å². The topological polar surface area (TPSA) is 15.3 Å². The van der Waals surface area contributed by atoms with Crippen LogP contribution in [-0.2, 0) is 6.54 Å². The van der Waals surface area contributed by atoms with E-state index in [-0.39, 0.29) is 0 Å². The highest BCUT2D eigenvalue weighted by molar-refractivity contribution is 5.49. The lowest BCUT2D eigenvalue weighted by Gasteiger charge is -2.33. The third-order valence-corrected chi connectivity index (χ3v) is 4.77. The molecule has 2 heteroatoms. The minimum atomic E-state index is 0.724. The molecule has 2 fully saturated rings. The maximum atomic E-state index is 3.60. The second kappa shape index (κ2) is 6.83. The van der Waals surface area contributed by atoms with E-state index in [0.29, 0.717) is 0 Å². The third kappa shape index (κ3) is 4.23. The summed E-state index contributed by atoms with van der Waals surface area (Å²) in [7, 11) is 0. The summed E-state index contributed by atoms with van der Waals surface area (Å²) in [6, 6.07) is 10.9. The fourth-order valence-corrected chi connectivity index (χ4v) is 3.43. The van der Waals surface area contributed by atoms with Crippen LogP contribution in [0.25, 0.3) is 0 Å². The third-order valence-electron chi connectivity index (χ3n) is 4.77. The van der Waals surface area contributed by atoms with Gasteiger partial charge in [-0.05, 0) is 49.3 Å². The van der Waals surface area contributed by atoms with Gasteiger partial charge in [0, 0.05) is 30.9 Å². The Morgan fingerprint density at radius 3 is 2.29 bits per heavy atom. The molecule has 2 aliphatic carbocycles. The molecule has 1 aromatic carbocycles. The summed E-state index contributed by atoms with van der Waals surface area (Å²) in [6.45, 7) is 6.87. The van der Waals surface area contributed by atoms with E-state index in [1.165, 1.54) is 56.3 Å². The zero-order chi connectivity index (χ0) is 14.7. The van der Waals surface area contributed by atoms with E-state index in [1.54, 1.807) is 0 Å². The van der Waals surface area contributed by atoms with Gasteiger partial charge in [0.25, 0.3) is 0 Å². The number of benzene rings is 1. The zero-order valence-corrected chi connectivity index (χ0v) is 13.6.